The van der Waals surface area contributed by atoms with Crippen molar-refractivity contribution < 1.29 is 9.53 Å². The monoisotopic (exact) mass is 306 g/mol. The Balaban J connectivity index is 1.42. The van der Waals surface area contributed by atoms with Crippen LogP contribution in [-0.4, -0.2) is 36.7 Å². The van der Waals surface area contributed by atoms with E-state index in [-0.39, 0.29) is 6.03 Å². The molecule has 0 radical (unpaired) electrons. The second-order valence-corrected chi connectivity index (χ2v) is 6.91. The van der Waals surface area contributed by atoms with Gasteiger partial charge < -0.3 is 15.4 Å². The van der Waals surface area contributed by atoms with Crippen LogP contribution in [0.4, 0.5) is 4.79 Å². The van der Waals surface area contributed by atoms with E-state index in [1.807, 2.05) is 30.0 Å². The van der Waals surface area contributed by atoms with Crippen LogP contribution in [-0.2, 0) is 6.42 Å². The van der Waals surface area contributed by atoms with Gasteiger partial charge in [-0.25, -0.2) is 4.79 Å². The van der Waals surface area contributed by atoms with Crippen LogP contribution in [0.15, 0.2) is 24.3 Å². The summed E-state index contributed by atoms with van der Waals surface area (Å²) in [5.74, 6) is 3.59. The van der Waals surface area contributed by atoms with E-state index >= 15 is 0 Å². The first-order chi connectivity index (χ1) is 10.3. The molecule has 2 aliphatic rings. The number of para-hydroxylation sites is 1. The molecule has 3 rings (SSSR count). The molecule has 0 saturated carbocycles. The molecule has 1 fully saturated rings. The maximum absolute atomic E-state index is 11.9. The van der Waals surface area contributed by atoms with Gasteiger partial charge in [-0.15, -0.1) is 0 Å². The number of benzene rings is 1. The predicted molar refractivity (Wildman–Crippen MR) is 86.0 cm³/mol. The minimum absolute atomic E-state index is 0.0404. The van der Waals surface area contributed by atoms with E-state index in [0.717, 1.165) is 24.3 Å². The number of urea groups is 1. The van der Waals surface area contributed by atoms with Crippen LogP contribution in [0.1, 0.15) is 18.4 Å². The molecular formula is C16H22N2O2S. The van der Waals surface area contributed by atoms with Crippen LogP contribution < -0.4 is 15.4 Å². The third-order valence-corrected chi connectivity index (χ3v) is 5.22. The van der Waals surface area contributed by atoms with Crippen molar-refractivity contribution in [3.8, 4) is 5.75 Å². The lowest BCUT2D eigenvalue weighted by molar-refractivity contribution is 0.210. The number of hydrogen-bond acceptors (Lipinski definition) is 3. The van der Waals surface area contributed by atoms with Gasteiger partial charge in [-0.1, -0.05) is 18.2 Å². The molecular weight excluding hydrogens is 284 g/mol. The average molecular weight is 306 g/mol. The zero-order chi connectivity index (χ0) is 14.5. The topological polar surface area (TPSA) is 50.4 Å². The van der Waals surface area contributed by atoms with E-state index in [2.05, 4.69) is 16.7 Å². The highest BCUT2D eigenvalue weighted by atomic mass is 32.2. The lowest BCUT2D eigenvalue weighted by Gasteiger charge is -2.26. The summed E-state index contributed by atoms with van der Waals surface area (Å²) in [4.78, 5) is 11.9. The lowest BCUT2D eigenvalue weighted by Crippen LogP contribution is -2.46. The van der Waals surface area contributed by atoms with E-state index in [4.69, 9.17) is 4.74 Å². The summed E-state index contributed by atoms with van der Waals surface area (Å²) in [5.41, 5.74) is 1.24. The van der Waals surface area contributed by atoms with Crippen molar-refractivity contribution in [2.75, 3.05) is 24.7 Å². The Morgan fingerprint density at radius 2 is 2.29 bits per heavy atom. The number of thioether (sulfide) groups is 1. The summed E-state index contributed by atoms with van der Waals surface area (Å²) in [7, 11) is 0. The fourth-order valence-electron chi connectivity index (χ4n) is 2.85. The van der Waals surface area contributed by atoms with Gasteiger partial charge in [0.2, 0.25) is 0 Å². The summed E-state index contributed by atoms with van der Waals surface area (Å²) in [6.07, 6.45) is 3.26. The minimum atomic E-state index is -0.0404. The summed E-state index contributed by atoms with van der Waals surface area (Å²) in [6, 6.07) is 8.42. The zero-order valence-corrected chi connectivity index (χ0v) is 13.0. The normalized spacial score (nSPS) is 24.6. The number of carbonyl (C=O) groups is 1. The number of hydrogen-bond donors (Lipinski definition) is 2. The molecule has 4 nitrogen and oxygen atoms in total. The lowest BCUT2D eigenvalue weighted by atomic mass is 9.97. The minimum Gasteiger partial charge on any atom is -0.493 e. The third-order valence-electron chi connectivity index (χ3n) is 4.00. The second-order valence-electron chi connectivity index (χ2n) is 5.76. The standard InChI is InChI=1S/C16H22N2O2S/c19-16(18-14-5-3-7-21-11-14)17-9-12-8-13-4-1-2-6-15(13)20-10-12/h1-2,4,6,12,14H,3,5,7-11H2,(H2,17,18,19)/t12-,14+/m0/s1. The largest absolute Gasteiger partial charge is 0.493 e. The van der Waals surface area contributed by atoms with Crippen LogP contribution >= 0.6 is 11.8 Å². The Labute approximate surface area is 130 Å². The zero-order valence-electron chi connectivity index (χ0n) is 12.1. The summed E-state index contributed by atoms with van der Waals surface area (Å²) in [6.45, 7) is 1.34. The Morgan fingerprint density at radius 1 is 1.38 bits per heavy atom. The van der Waals surface area contributed by atoms with Crippen LogP contribution in [0.2, 0.25) is 0 Å². The van der Waals surface area contributed by atoms with E-state index in [0.29, 0.717) is 25.1 Å². The first-order valence-electron chi connectivity index (χ1n) is 7.64. The van der Waals surface area contributed by atoms with Gasteiger partial charge in [0.25, 0.3) is 0 Å². The first-order valence-corrected chi connectivity index (χ1v) is 8.79. The third kappa shape index (κ3) is 4.06. The van der Waals surface area contributed by atoms with Gasteiger partial charge in [0.1, 0.15) is 5.75 Å². The number of carbonyl (C=O) groups excluding carboxylic acids is 1. The number of fused-ring (bicyclic) bond motifs is 1. The molecule has 1 aromatic rings. The summed E-state index contributed by atoms with van der Waals surface area (Å²) >= 11 is 1.92. The number of amides is 2. The highest BCUT2D eigenvalue weighted by Gasteiger charge is 2.21. The highest BCUT2D eigenvalue weighted by Crippen LogP contribution is 2.26. The van der Waals surface area contributed by atoms with Crippen molar-refractivity contribution in [1.82, 2.24) is 10.6 Å². The smallest absolute Gasteiger partial charge is 0.315 e. The van der Waals surface area contributed by atoms with Gasteiger partial charge in [-0.3, -0.25) is 0 Å². The van der Waals surface area contributed by atoms with E-state index in [9.17, 15) is 4.79 Å². The van der Waals surface area contributed by atoms with Gasteiger partial charge in [-0.2, -0.15) is 11.8 Å². The quantitative estimate of drug-likeness (QED) is 0.902. The molecule has 0 bridgehead atoms. The predicted octanol–water partition coefficient (Wildman–Crippen LogP) is 2.43. The van der Waals surface area contributed by atoms with Crippen molar-refractivity contribution >= 4 is 17.8 Å². The second kappa shape index (κ2) is 7.07. The highest BCUT2D eigenvalue weighted by molar-refractivity contribution is 7.99. The Hall–Kier alpha value is -1.36. The van der Waals surface area contributed by atoms with Gasteiger partial charge in [-0.05, 0) is 36.6 Å². The molecule has 0 spiro atoms. The Morgan fingerprint density at radius 3 is 3.14 bits per heavy atom. The number of nitrogens with one attached hydrogen (secondary N) is 2. The van der Waals surface area contributed by atoms with E-state index < -0.39 is 0 Å². The fourth-order valence-corrected chi connectivity index (χ4v) is 3.92. The van der Waals surface area contributed by atoms with E-state index in [1.54, 1.807) is 0 Å². The van der Waals surface area contributed by atoms with Crippen LogP contribution in [0.5, 0.6) is 5.75 Å². The van der Waals surface area contributed by atoms with Gasteiger partial charge in [0, 0.05) is 24.3 Å². The molecule has 1 aromatic carbocycles. The van der Waals surface area contributed by atoms with Crippen molar-refractivity contribution in [3.05, 3.63) is 29.8 Å². The molecule has 114 valence electrons. The van der Waals surface area contributed by atoms with Crippen molar-refractivity contribution in [2.45, 2.75) is 25.3 Å². The number of ether oxygens (including phenoxy) is 1. The molecule has 2 N–H and O–H groups in total. The molecule has 2 atom stereocenters. The molecule has 2 aliphatic heterocycles. The molecule has 1 saturated heterocycles. The summed E-state index contributed by atoms with van der Waals surface area (Å²) < 4.78 is 5.74. The molecule has 0 aromatic heterocycles. The maximum Gasteiger partial charge on any atom is 0.315 e. The van der Waals surface area contributed by atoms with Gasteiger partial charge in [0.15, 0.2) is 0 Å². The molecule has 0 unspecified atom stereocenters. The van der Waals surface area contributed by atoms with Crippen LogP contribution in [0.3, 0.4) is 0 Å². The fraction of sp³-hybridized carbons (Fsp3) is 0.562. The molecule has 5 heteroatoms. The molecule has 21 heavy (non-hydrogen) atoms. The Kier molecular flexibility index (Phi) is 4.91. The molecule has 2 heterocycles. The van der Waals surface area contributed by atoms with Gasteiger partial charge >= 0.3 is 6.03 Å². The maximum atomic E-state index is 11.9. The van der Waals surface area contributed by atoms with Crippen LogP contribution in [0.25, 0.3) is 0 Å². The van der Waals surface area contributed by atoms with Crippen molar-refractivity contribution in [2.24, 2.45) is 5.92 Å². The molecule has 2 amide bonds. The van der Waals surface area contributed by atoms with Crippen molar-refractivity contribution in [1.29, 1.82) is 0 Å². The Bertz CT molecular complexity index is 489. The number of rotatable bonds is 3. The SMILES string of the molecule is O=C(NC[C@H]1COc2ccccc2C1)N[C@@H]1CCCSC1. The average Bonchev–Trinajstić information content (AvgIpc) is 2.54. The van der Waals surface area contributed by atoms with Crippen molar-refractivity contribution in [3.63, 3.8) is 0 Å². The summed E-state index contributed by atoms with van der Waals surface area (Å²) in [5, 5.41) is 6.06. The van der Waals surface area contributed by atoms with Crippen LogP contribution in [0, 0.1) is 5.92 Å². The first kappa shape index (κ1) is 14.6. The molecule has 0 aliphatic carbocycles. The van der Waals surface area contributed by atoms with Gasteiger partial charge in [0.05, 0.1) is 6.61 Å². The van der Waals surface area contributed by atoms with E-state index in [1.165, 1.54) is 17.7 Å².